The second-order valence-electron chi connectivity index (χ2n) is 10.2. The first-order valence-electron chi connectivity index (χ1n) is 12.7. The Morgan fingerprint density at radius 2 is 1.80 bits per heavy atom. The lowest BCUT2D eigenvalue weighted by Crippen LogP contribution is -2.51. The summed E-state index contributed by atoms with van der Waals surface area (Å²) in [6, 6.07) is 13.7. The Balaban J connectivity index is 1.70. The minimum absolute atomic E-state index is 0.167. The van der Waals surface area contributed by atoms with Crippen LogP contribution in [0.3, 0.4) is 0 Å². The van der Waals surface area contributed by atoms with E-state index in [4.69, 9.17) is 32.9 Å². The second kappa shape index (κ2) is 9.25. The van der Waals surface area contributed by atoms with Crippen LogP contribution in [0.4, 0.5) is 17.2 Å². The zero-order valence-electron chi connectivity index (χ0n) is 22.5. The standard InChI is InChI=1S/C29H26Cl2N6O3/c1-15(2)36-25-24(34-26(36)19-14-32-23(35(3)4)13-22(19)40-5)27(38)37(18-8-6-7-16(30)11-18)29(25)20-10-9-17(31)12-21(20)33-28(29)39/h6-15H,1-5H3,(H,33,39)/t29-/m1/s1. The molecule has 6 rings (SSSR count). The minimum atomic E-state index is -1.56. The summed E-state index contributed by atoms with van der Waals surface area (Å²) in [5.74, 6) is 0.909. The van der Waals surface area contributed by atoms with E-state index in [9.17, 15) is 9.59 Å². The van der Waals surface area contributed by atoms with Crippen molar-refractivity contribution in [2.75, 3.05) is 36.3 Å². The first kappa shape index (κ1) is 26.2. The Bertz CT molecular complexity index is 1720. The molecule has 0 saturated heterocycles. The fraction of sp³-hybridized carbons (Fsp3) is 0.241. The molecule has 2 aliphatic rings. The molecule has 2 aromatic heterocycles. The molecule has 4 heterocycles. The Morgan fingerprint density at radius 3 is 2.48 bits per heavy atom. The van der Waals surface area contributed by atoms with Crippen LogP contribution in [0.5, 0.6) is 5.75 Å². The zero-order valence-corrected chi connectivity index (χ0v) is 24.0. The number of hydrogen-bond acceptors (Lipinski definition) is 6. The number of imidazole rings is 1. The molecule has 0 saturated carbocycles. The number of halogens is 2. The number of carbonyl (C=O) groups excluding carboxylic acids is 2. The monoisotopic (exact) mass is 576 g/mol. The Kier molecular flexibility index (Phi) is 6.05. The molecule has 0 aliphatic carbocycles. The van der Waals surface area contributed by atoms with E-state index in [1.807, 2.05) is 43.5 Å². The highest BCUT2D eigenvalue weighted by molar-refractivity contribution is 6.32. The molecule has 1 atom stereocenters. The Labute approximate surface area is 241 Å². The second-order valence-corrected chi connectivity index (χ2v) is 11.1. The number of methoxy groups -OCH3 is 1. The van der Waals surface area contributed by atoms with Gasteiger partial charge in [0.2, 0.25) is 0 Å². The van der Waals surface area contributed by atoms with E-state index in [1.54, 1.807) is 55.8 Å². The van der Waals surface area contributed by atoms with Gasteiger partial charge in [-0.2, -0.15) is 0 Å². The molecule has 40 heavy (non-hydrogen) atoms. The maximum atomic E-state index is 14.4. The molecule has 2 aromatic carbocycles. The highest BCUT2D eigenvalue weighted by Crippen LogP contribution is 2.54. The quantitative estimate of drug-likeness (QED) is 0.324. The first-order chi connectivity index (χ1) is 19.1. The molecule has 0 unspecified atom stereocenters. The van der Waals surface area contributed by atoms with Gasteiger partial charge in [0.15, 0.2) is 11.2 Å². The molecule has 0 radical (unpaired) electrons. The summed E-state index contributed by atoms with van der Waals surface area (Å²) in [5.41, 5.74) is 1.26. The molecule has 1 N–H and O–H groups in total. The molecule has 11 heteroatoms. The fourth-order valence-corrected chi connectivity index (χ4v) is 6.00. The Hall–Kier alpha value is -4.08. The van der Waals surface area contributed by atoms with Crippen LogP contribution in [0.2, 0.25) is 10.0 Å². The van der Waals surface area contributed by atoms with Gasteiger partial charge in [-0.3, -0.25) is 14.5 Å². The van der Waals surface area contributed by atoms with Crippen LogP contribution in [-0.4, -0.2) is 47.6 Å². The lowest BCUT2D eigenvalue weighted by Gasteiger charge is -2.35. The summed E-state index contributed by atoms with van der Waals surface area (Å²) in [6.07, 6.45) is 1.68. The molecule has 2 amide bonds. The average molecular weight is 577 g/mol. The summed E-state index contributed by atoms with van der Waals surface area (Å²) in [5, 5.41) is 3.87. The predicted molar refractivity (Wildman–Crippen MR) is 156 cm³/mol. The summed E-state index contributed by atoms with van der Waals surface area (Å²) < 4.78 is 7.67. The van der Waals surface area contributed by atoms with Gasteiger partial charge in [0.25, 0.3) is 11.8 Å². The number of nitrogens with one attached hydrogen (secondary N) is 1. The number of fused-ring (bicyclic) bond motifs is 4. The lowest BCUT2D eigenvalue weighted by atomic mass is 9.87. The van der Waals surface area contributed by atoms with E-state index in [2.05, 4.69) is 10.3 Å². The number of anilines is 3. The normalized spacial score (nSPS) is 17.4. The topological polar surface area (TPSA) is 92.6 Å². The maximum Gasteiger partial charge on any atom is 0.280 e. The van der Waals surface area contributed by atoms with Gasteiger partial charge in [0, 0.05) is 59.4 Å². The van der Waals surface area contributed by atoms with Gasteiger partial charge in [-0.25, -0.2) is 9.97 Å². The molecule has 0 bridgehead atoms. The SMILES string of the molecule is COc1cc(N(C)C)ncc1-c1nc2c(n1C(C)C)[C@]1(C(=O)Nc3cc(Cl)ccc31)N(c1cccc(Cl)c1)C2=O. The van der Waals surface area contributed by atoms with Crippen molar-refractivity contribution < 1.29 is 14.3 Å². The van der Waals surface area contributed by atoms with Crippen molar-refractivity contribution in [3.05, 3.63) is 81.7 Å². The van der Waals surface area contributed by atoms with Gasteiger partial charge in [0.1, 0.15) is 17.4 Å². The average Bonchev–Trinajstić information content (AvgIpc) is 3.52. The van der Waals surface area contributed by atoms with Crippen LogP contribution in [-0.2, 0) is 10.3 Å². The zero-order chi connectivity index (χ0) is 28.5. The smallest absolute Gasteiger partial charge is 0.280 e. The number of benzene rings is 2. The van der Waals surface area contributed by atoms with E-state index in [0.29, 0.717) is 55.6 Å². The highest BCUT2D eigenvalue weighted by atomic mass is 35.5. The molecule has 0 fully saturated rings. The summed E-state index contributed by atoms with van der Waals surface area (Å²) >= 11 is 12.7. The van der Waals surface area contributed by atoms with Crippen molar-refractivity contribution in [1.82, 2.24) is 14.5 Å². The van der Waals surface area contributed by atoms with Gasteiger partial charge in [-0.05, 0) is 44.2 Å². The number of rotatable bonds is 5. The fourth-order valence-electron chi connectivity index (χ4n) is 5.65. The van der Waals surface area contributed by atoms with Crippen molar-refractivity contribution >= 4 is 52.2 Å². The third kappa shape index (κ3) is 3.54. The number of carbonyl (C=O) groups is 2. The van der Waals surface area contributed by atoms with Gasteiger partial charge in [0.05, 0.1) is 18.4 Å². The largest absolute Gasteiger partial charge is 0.496 e. The van der Waals surface area contributed by atoms with Gasteiger partial charge in [-0.1, -0.05) is 35.3 Å². The van der Waals surface area contributed by atoms with E-state index in [0.717, 1.165) is 0 Å². The number of hydrogen-bond donors (Lipinski definition) is 1. The van der Waals surface area contributed by atoms with E-state index in [-0.39, 0.29) is 11.7 Å². The van der Waals surface area contributed by atoms with Crippen LogP contribution in [0, 0.1) is 0 Å². The number of ether oxygens (including phenoxy) is 1. The molecule has 2 aliphatic heterocycles. The molecule has 1 spiro atoms. The van der Waals surface area contributed by atoms with Crippen molar-refractivity contribution in [2.24, 2.45) is 0 Å². The number of aromatic nitrogens is 3. The van der Waals surface area contributed by atoms with Crippen LogP contribution >= 0.6 is 23.2 Å². The summed E-state index contributed by atoms with van der Waals surface area (Å²) in [4.78, 5) is 41.4. The third-order valence-electron chi connectivity index (χ3n) is 7.30. The predicted octanol–water partition coefficient (Wildman–Crippen LogP) is 5.76. The van der Waals surface area contributed by atoms with Crippen LogP contribution in [0.25, 0.3) is 11.4 Å². The highest BCUT2D eigenvalue weighted by Gasteiger charge is 2.64. The van der Waals surface area contributed by atoms with Gasteiger partial charge >= 0.3 is 0 Å². The van der Waals surface area contributed by atoms with E-state index < -0.39 is 17.4 Å². The number of pyridine rings is 1. The van der Waals surface area contributed by atoms with Gasteiger partial charge < -0.3 is 19.5 Å². The lowest BCUT2D eigenvalue weighted by molar-refractivity contribution is -0.119. The molecular weight excluding hydrogens is 551 g/mol. The van der Waals surface area contributed by atoms with Crippen molar-refractivity contribution in [2.45, 2.75) is 25.4 Å². The van der Waals surface area contributed by atoms with Gasteiger partial charge in [-0.15, -0.1) is 0 Å². The van der Waals surface area contributed by atoms with Crippen molar-refractivity contribution in [3.8, 4) is 17.1 Å². The molecular formula is C29H26Cl2N6O3. The van der Waals surface area contributed by atoms with E-state index in [1.165, 1.54) is 4.90 Å². The Morgan fingerprint density at radius 1 is 1.05 bits per heavy atom. The van der Waals surface area contributed by atoms with Crippen LogP contribution in [0.15, 0.2) is 54.7 Å². The minimum Gasteiger partial charge on any atom is -0.496 e. The van der Waals surface area contributed by atoms with Crippen molar-refractivity contribution in [3.63, 3.8) is 0 Å². The number of amides is 2. The van der Waals surface area contributed by atoms with Crippen LogP contribution in [0.1, 0.15) is 41.6 Å². The maximum absolute atomic E-state index is 14.4. The van der Waals surface area contributed by atoms with Crippen LogP contribution < -0.4 is 19.9 Å². The number of nitrogens with zero attached hydrogens (tertiary/aromatic N) is 5. The molecule has 4 aromatic rings. The van der Waals surface area contributed by atoms with Crippen molar-refractivity contribution in [1.29, 1.82) is 0 Å². The molecule has 9 nitrogen and oxygen atoms in total. The third-order valence-corrected chi connectivity index (χ3v) is 7.77. The first-order valence-corrected chi connectivity index (χ1v) is 13.4. The summed E-state index contributed by atoms with van der Waals surface area (Å²) in [6.45, 7) is 3.96. The summed E-state index contributed by atoms with van der Waals surface area (Å²) in [7, 11) is 5.35. The van der Waals surface area contributed by atoms with E-state index >= 15 is 0 Å². The molecule has 204 valence electrons.